The fourth-order valence-corrected chi connectivity index (χ4v) is 2.05. The Morgan fingerprint density at radius 3 is 2.74 bits per heavy atom. The van der Waals surface area contributed by atoms with Crippen molar-refractivity contribution in [1.82, 2.24) is 5.32 Å². The first-order chi connectivity index (χ1) is 8.99. The van der Waals surface area contributed by atoms with Gasteiger partial charge in [0.2, 0.25) is 5.91 Å². The number of hydrogen-bond acceptors (Lipinski definition) is 4. The third-order valence-electron chi connectivity index (χ3n) is 2.93. The van der Waals surface area contributed by atoms with Crippen molar-refractivity contribution in [1.29, 1.82) is 0 Å². The average molecular weight is 266 g/mol. The molecule has 0 bridgehead atoms. The molecule has 0 aliphatic heterocycles. The average Bonchev–Trinajstić information content (AvgIpc) is 2.37. The number of aliphatic hydroxyl groups excluding tert-OH is 1. The van der Waals surface area contributed by atoms with E-state index in [-0.39, 0.29) is 12.5 Å². The normalized spacial score (nSPS) is 12.1. The molecule has 0 saturated carbocycles. The van der Waals surface area contributed by atoms with Gasteiger partial charge < -0.3 is 20.9 Å². The Hall–Kier alpha value is -1.59. The molecular formula is C14H22N2O3. The van der Waals surface area contributed by atoms with Gasteiger partial charge in [-0.2, -0.15) is 0 Å². The van der Waals surface area contributed by atoms with Gasteiger partial charge in [-0.1, -0.05) is 17.7 Å². The van der Waals surface area contributed by atoms with Crippen molar-refractivity contribution >= 4 is 5.91 Å². The highest BCUT2D eigenvalue weighted by Crippen LogP contribution is 2.25. The first-order valence-corrected chi connectivity index (χ1v) is 6.27. The van der Waals surface area contributed by atoms with Crippen molar-refractivity contribution in [3.8, 4) is 5.75 Å². The molecule has 1 amide bonds. The first kappa shape index (κ1) is 15.5. The van der Waals surface area contributed by atoms with E-state index in [4.69, 9.17) is 15.6 Å². The number of aryl methyl sites for hydroxylation is 2. The van der Waals surface area contributed by atoms with Gasteiger partial charge in [0, 0.05) is 6.54 Å². The summed E-state index contributed by atoms with van der Waals surface area (Å²) in [4.78, 5) is 11.4. The lowest BCUT2D eigenvalue weighted by atomic mass is 10.0. The summed E-state index contributed by atoms with van der Waals surface area (Å²) in [6.45, 7) is 4.14. The van der Waals surface area contributed by atoms with Crippen LogP contribution in [0.2, 0.25) is 0 Å². The van der Waals surface area contributed by atoms with Gasteiger partial charge in [0.15, 0.2) is 0 Å². The molecule has 0 radical (unpaired) electrons. The van der Waals surface area contributed by atoms with E-state index in [1.807, 2.05) is 19.9 Å². The highest BCUT2D eigenvalue weighted by molar-refractivity contribution is 5.81. The number of aliphatic hydroxyl groups is 1. The third kappa shape index (κ3) is 4.22. The van der Waals surface area contributed by atoms with Crippen LogP contribution in [0.1, 0.15) is 16.7 Å². The van der Waals surface area contributed by atoms with Crippen molar-refractivity contribution in [3.05, 3.63) is 28.8 Å². The van der Waals surface area contributed by atoms with Crippen molar-refractivity contribution in [2.45, 2.75) is 26.3 Å². The van der Waals surface area contributed by atoms with E-state index in [1.165, 1.54) is 0 Å². The zero-order chi connectivity index (χ0) is 14.4. The first-order valence-electron chi connectivity index (χ1n) is 6.27. The molecule has 0 aromatic heterocycles. The zero-order valence-electron chi connectivity index (χ0n) is 11.7. The van der Waals surface area contributed by atoms with Gasteiger partial charge in [0.25, 0.3) is 0 Å². The van der Waals surface area contributed by atoms with E-state index >= 15 is 0 Å². The Labute approximate surface area is 113 Å². The number of carbonyl (C=O) groups excluding carboxylic acids is 1. The van der Waals surface area contributed by atoms with Crippen LogP contribution in [0.15, 0.2) is 12.1 Å². The van der Waals surface area contributed by atoms with Crippen molar-refractivity contribution in [2.75, 3.05) is 20.3 Å². The van der Waals surface area contributed by atoms with Crippen LogP contribution in [0, 0.1) is 13.8 Å². The van der Waals surface area contributed by atoms with E-state index < -0.39 is 6.04 Å². The number of ether oxygens (including phenoxy) is 1. The van der Waals surface area contributed by atoms with Crippen LogP contribution in [0.4, 0.5) is 0 Å². The van der Waals surface area contributed by atoms with Crippen LogP contribution in [0.25, 0.3) is 0 Å². The molecule has 5 nitrogen and oxygen atoms in total. The molecule has 1 aromatic carbocycles. The number of rotatable bonds is 6. The predicted molar refractivity (Wildman–Crippen MR) is 74.2 cm³/mol. The maximum atomic E-state index is 11.4. The molecule has 0 saturated heterocycles. The molecule has 0 fully saturated rings. The van der Waals surface area contributed by atoms with Crippen LogP contribution in [0.5, 0.6) is 5.75 Å². The summed E-state index contributed by atoms with van der Waals surface area (Å²) < 4.78 is 5.38. The largest absolute Gasteiger partial charge is 0.496 e. The number of hydrogen-bond donors (Lipinski definition) is 3. The van der Waals surface area contributed by atoms with Gasteiger partial charge in [-0.3, -0.25) is 4.79 Å². The number of amides is 1. The molecule has 4 N–H and O–H groups in total. The van der Waals surface area contributed by atoms with Gasteiger partial charge in [-0.05, 0) is 31.4 Å². The van der Waals surface area contributed by atoms with Gasteiger partial charge in [0.1, 0.15) is 11.8 Å². The minimum absolute atomic E-state index is 0.342. The summed E-state index contributed by atoms with van der Waals surface area (Å²) in [7, 11) is 1.64. The van der Waals surface area contributed by atoms with Gasteiger partial charge in [-0.15, -0.1) is 0 Å². The van der Waals surface area contributed by atoms with Crippen molar-refractivity contribution in [3.63, 3.8) is 0 Å². The Morgan fingerprint density at radius 2 is 2.16 bits per heavy atom. The second-order valence-electron chi connectivity index (χ2n) is 4.60. The second-order valence-corrected chi connectivity index (χ2v) is 4.60. The highest BCUT2D eigenvalue weighted by atomic mass is 16.5. The Morgan fingerprint density at radius 1 is 1.47 bits per heavy atom. The highest BCUT2D eigenvalue weighted by Gasteiger charge is 2.12. The molecule has 106 valence electrons. The summed E-state index contributed by atoms with van der Waals surface area (Å²) in [5, 5.41) is 11.5. The molecule has 1 aromatic rings. The quantitative estimate of drug-likeness (QED) is 0.691. The molecule has 1 unspecified atom stereocenters. The third-order valence-corrected chi connectivity index (χ3v) is 2.93. The number of nitrogens with two attached hydrogens (primary N) is 1. The fraction of sp³-hybridized carbons (Fsp3) is 0.500. The SMILES string of the molecule is COc1c(C)cc(C)cc1CCNC(=O)C(N)CO. The van der Waals surface area contributed by atoms with Crippen LogP contribution in [-0.4, -0.2) is 37.3 Å². The lowest BCUT2D eigenvalue weighted by Crippen LogP contribution is -2.43. The van der Waals surface area contributed by atoms with Gasteiger partial charge in [-0.25, -0.2) is 0 Å². The molecule has 0 spiro atoms. The van der Waals surface area contributed by atoms with E-state index in [9.17, 15) is 4.79 Å². The van der Waals surface area contributed by atoms with E-state index in [1.54, 1.807) is 7.11 Å². The summed E-state index contributed by atoms with van der Waals surface area (Å²) in [6.07, 6.45) is 0.662. The Balaban J connectivity index is 2.65. The number of benzene rings is 1. The van der Waals surface area contributed by atoms with Crippen LogP contribution in [-0.2, 0) is 11.2 Å². The number of nitrogens with one attached hydrogen (secondary N) is 1. The molecule has 5 heteroatoms. The molecule has 19 heavy (non-hydrogen) atoms. The second kappa shape index (κ2) is 7.11. The maximum Gasteiger partial charge on any atom is 0.239 e. The summed E-state index contributed by atoms with van der Waals surface area (Å²) in [5.41, 5.74) is 8.71. The summed E-state index contributed by atoms with van der Waals surface area (Å²) in [6, 6.07) is 3.24. The topological polar surface area (TPSA) is 84.6 Å². The zero-order valence-corrected chi connectivity index (χ0v) is 11.7. The van der Waals surface area contributed by atoms with E-state index in [0.717, 1.165) is 22.4 Å². The maximum absolute atomic E-state index is 11.4. The lowest BCUT2D eigenvalue weighted by molar-refractivity contribution is -0.123. The van der Waals surface area contributed by atoms with Crippen molar-refractivity contribution < 1.29 is 14.6 Å². The molecule has 1 rings (SSSR count). The van der Waals surface area contributed by atoms with E-state index in [2.05, 4.69) is 11.4 Å². The number of carbonyl (C=O) groups is 1. The standard InChI is InChI=1S/C14H22N2O3/c1-9-6-10(2)13(19-3)11(7-9)4-5-16-14(18)12(15)8-17/h6-7,12,17H,4-5,8,15H2,1-3H3,(H,16,18). The molecule has 1 atom stereocenters. The van der Waals surface area contributed by atoms with Gasteiger partial charge >= 0.3 is 0 Å². The lowest BCUT2D eigenvalue weighted by Gasteiger charge is -2.14. The smallest absolute Gasteiger partial charge is 0.239 e. The molecular weight excluding hydrogens is 244 g/mol. The van der Waals surface area contributed by atoms with Crippen LogP contribution < -0.4 is 15.8 Å². The number of methoxy groups -OCH3 is 1. The Bertz CT molecular complexity index is 447. The minimum Gasteiger partial charge on any atom is -0.496 e. The van der Waals surface area contributed by atoms with Crippen molar-refractivity contribution in [2.24, 2.45) is 5.73 Å². The molecule has 0 aliphatic rings. The monoisotopic (exact) mass is 266 g/mol. The summed E-state index contributed by atoms with van der Waals surface area (Å²) in [5.74, 6) is 0.511. The van der Waals surface area contributed by atoms with E-state index in [0.29, 0.717) is 13.0 Å². The Kier molecular flexibility index (Phi) is 5.79. The molecule has 0 aliphatic carbocycles. The fourth-order valence-electron chi connectivity index (χ4n) is 2.05. The van der Waals surface area contributed by atoms with Crippen LogP contribution in [0.3, 0.4) is 0 Å². The predicted octanol–water partition coefficient (Wildman–Crippen LogP) is 0.290. The molecule has 0 heterocycles. The minimum atomic E-state index is -0.860. The van der Waals surface area contributed by atoms with Gasteiger partial charge in [0.05, 0.1) is 13.7 Å². The summed E-state index contributed by atoms with van der Waals surface area (Å²) >= 11 is 0. The van der Waals surface area contributed by atoms with Crippen LogP contribution >= 0.6 is 0 Å².